The Kier molecular flexibility index (Phi) is 3.92. The highest BCUT2D eigenvalue weighted by Crippen LogP contribution is 2.35. The van der Waals surface area contributed by atoms with Crippen LogP contribution in [0.25, 0.3) is 11.6 Å². The summed E-state index contributed by atoms with van der Waals surface area (Å²) in [7, 11) is 0. The van der Waals surface area contributed by atoms with E-state index in [9.17, 15) is 10.5 Å². The van der Waals surface area contributed by atoms with Gasteiger partial charge in [0.05, 0.1) is 11.3 Å². The number of aromatic nitrogens is 1. The largest absolute Gasteiger partial charge is 0.235 e. The number of hydrogen-bond donors (Lipinski definition) is 0. The molecule has 1 aliphatic carbocycles. The van der Waals surface area contributed by atoms with Gasteiger partial charge in [-0.25, -0.2) is 4.98 Å². The summed E-state index contributed by atoms with van der Waals surface area (Å²) in [4.78, 5) is 4.39. The summed E-state index contributed by atoms with van der Waals surface area (Å²) in [5.41, 5.74) is 4.31. The van der Waals surface area contributed by atoms with Gasteiger partial charge in [0, 0.05) is 0 Å². The number of hydrogen-bond acceptors (Lipinski definition) is 3. The van der Waals surface area contributed by atoms with Crippen molar-refractivity contribution >= 4 is 23.3 Å². The van der Waals surface area contributed by atoms with Crippen molar-refractivity contribution in [3.8, 4) is 12.1 Å². The van der Waals surface area contributed by atoms with Gasteiger partial charge in [-0.1, -0.05) is 41.9 Å². The van der Waals surface area contributed by atoms with Crippen molar-refractivity contribution in [2.75, 3.05) is 0 Å². The van der Waals surface area contributed by atoms with Crippen LogP contribution in [0.3, 0.4) is 0 Å². The van der Waals surface area contributed by atoms with Gasteiger partial charge in [-0.3, -0.25) is 0 Å². The van der Waals surface area contributed by atoms with Crippen molar-refractivity contribution in [2.45, 2.75) is 19.3 Å². The van der Waals surface area contributed by atoms with Gasteiger partial charge in [-0.15, -0.1) is 0 Å². The van der Waals surface area contributed by atoms with Crippen LogP contribution in [0, 0.1) is 22.7 Å². The lowest BCUT2D eigenvalue weighted by atomic mass is 9.86. The zero-order chi connectivity index (χ0) is 15.5. The Hall–Kier alpha value is -2.62. The summed E-state index contributed by atoms with van der Waals surface area (Å²) in [5, 5.41) is 18.7. The second-order valence-corrected chi connectivity index (χ2v) is 5.50. The quantitative estimate of drug-likeness (QED) is 0.736. The number of nitriles is 2. The summed E-state index contributed by atoms with van der Waals surface area (Å²) >= 11 is 6.10. The number of rotatable bonds is 1. The molecule has 0 amide bonds. The topological polar surface area (TPSA) is 60.5 Å². The van der Waals surface area contributed by atoms with Gasteiger partial charge in [-0.05, 0) is 42.0 Å². The van der Waals surface area contributed by atoms with Gasteiger partial charge in [-0.2, -0.15) is 10.5 Å². The molecule has 0 spiro atoms. The van der Waals surface area contributed by atoms with Crippen LogP contribution >= 0.6 is 11.6 Å². The van der Waals surface area contributed by atoms with E-state index in [0.717, 1.165) is 41.7 Å². The van der Waals surface area contributed by atoms with Gasteiger partial charge in [0.1, 0.15) is 22.9 Å². The smallest absolute Gasteiger partial charge is 0.148 e. The molecule has 3 nitrogen and oxygen atoms in total. The molecule has 1 aromatic heterocycles. The first-order valence-electron chi connectivity index (χ1n) is 7.03. The molecular weight excluding hydrogens is 294 g/mol. The third-order valence-corrected chi connectivity index (χ3v) is 4.07. The highest BCUT2D eigenvalue weighted by atomic mass is 35.5. The molecule has 22 heavy (non-hydrogen) atoms. The maximum atomic E-state index is 9.40. The molecule has 0 atom stereocenters. The molecule has 1 aromatic carbocycles. The molecule has 2 aromatic rings. The Balaban J connectivity index is 2.20. The predicted molar refractivity (Wildman–Crippen MR) is 85.9 cm³/mol. The molecule has 0 fully saturated rings. The third-order valence-electron chi connectivity index (χ3n) is 3.80. The molecule has 0 aliphatic heterocycles. The van der Waals surface area contributed by atoms with Gasteiger partial charge < -0.3 is 0 Å². The Morgan fingerprint density at radius 3 is 2.45 bits per heavy atom. The minimum atomic E-state index is 0.110. The molecule has 106 valence electrons. The van der Waals surface area contributed by atoms with Crippen LogP contribution in [-0.2, 0) is 6.42 Å². The maximum absolute atomic E-state index is 9.40. The monoisotopic (exact) mass is 305 g/mol. The zero-order valence-corrected chi connectivity index (χ0v) is 12.6. The number of halogens is 1. The molecule has 3 rings (SSSR count). The number of nitrogens with zero attached hydrogens (tertiary/aromatic N) is 3. The van der Waals surface area contributed by atoms with Crippen LogP contribution in [0.4, 0.5) is 0 Å². The van der Waals surface area contributed by atoms with Crippen molar-refractivity contribution in [1.82, 2.24) is 4.98 Å². The van der Waals surface area contributed by atoms with Crippen LogP contribution < -0.4 is 0 Å². The lowest BCUT2D eigenvalue weighted by Crippen LogP contribution is -2.09. The first kappa shape index (κ1) is 14.3. The minimum absolute atomic E-state index is 0.110. The van der Waals surface area contributed by atoms with Crippen LogP contribution in [0.15, 0.2) is 30.3 Å². The average Bonchev–Trinajstić information content (AvgIpc) is 2.55. The van der Waals surface area contributed by atoms with Crippen molar-refractivity contribution in [2.24, 2.45) is 0 Å². The maximum Gasteiger partial charge on any atom is 0.148 e. The minimum Gasteiger partial charge on any atom is -0.235 e. The van der Waals surface area contributed by atoms with E-state index in [2.05, 4.69) is 17.1 Å². The molecule has 0 saturated carbocycles. The molecule has 0 N–H and O–H groups in total. The summed E-state index contributed by atoms with van der Waals surface area (Å²) < 4.78 is 0. The Bertz CT molecular complexity index is 839. The molecule has 0 unspecified atom stereocenters. The fraction of sp³-hybridized carbons (Fsp3) is 0.167. The van der Waals surface area contributed by atoms with E-state index in [4.69, 9.17) is 11.6 Å². The fourth-order valence-electron chi connectivity index (χ4n) is 2.79. The first-order chi connectivity index (χ1) is 10.7. The number of pyridine rings is 1. The fourth-order valence-corrected chi connectivity index (χ4v) is 3.01. The number of allylic oxidation sites excluding steroid dienone is 1. The number of benzene rings is 1. The van der Waals surface area contributed by atoms with E-state index in [1.54, 1.807) is 0 Å². The van der Waals surface area contributed by atoms with Crippen LogP contribution in [-0.4, -0.2) is 4.98 Å². The molecule has 4 heteroatoms. The average molecular weight is 306 g/mol. The van der Waals surface area contributed by atoms with E-state index in [0.29, 0.717) is 5.56 Å². The summed E-state index contributed by atoms with van der Waals surface area (Å²) in [6, 6.07) is 14.1. The third kappa shape index (κ3) is 2.48. The van der Waals surface area contributed by atoms with Gasteiger partial charge >= 0.3 is 0 Å². The lowest BCUT2D eigenvalue weighted by Gasteiger charge is -2.20. The van der Waals surface area contributed by atoms with Gasteiger partial charge in [0.25, 0.3) is 0 Å². The Morgan fingerprint density at radius 2 is 1.77 bits per heavy atom. The summed E-state index contributed by atoms with van der Waals surface area (Å²) in [6.45, 7) is 0. The second kappa shape index (κ2) is 6.02. The molecule has 0 saturated heterocycles. The van der Waals surface area contributed by atoms with Crippen LogP contribution in [0.5, 0.6) is 0 Å². The van der Waals surface area contributed by atoms with Crippen molar-refractivity contribution in [3.63, 3.8) is 0 Å². The molecule has 1 aliphatic rings. The molecule has 1 heterocycles. The van der Waals surface area contributed by atoms with E-state index in [1.807, 2.05) is 36.4 Å². The molecule has 0 bridgehead atoms. The van der Waals surface area contributed by atoms with E-state index in [1.165, 1.54) is 0 Å². The van der Waals surface area contributed by atoms with Crippen LogP contribution in [0.2, 0.25) is 5.15 Å². The van der Waals surface area contributed by atoms with Gasteiger partial charge in [0.2, 0.25) is 0 Å². The second-order valence-electron chi connectivity index (χ2n) is 5.14. The van der Waals surface area contributed by atoms with Crippen molar-refractivity contribution in [3.05, 3.63) is 63.4 Å². The predicted octanol–water partition coefficient (Wildman–Crippen LogP) is 4.36. The zero-order valence-electron chi connectivity index (χ0n) is 11.8. The first-order valence-corrected chi connectivity index (χ1v) is 7.41. The van der Waals surface area contributed by atoms with E-state index in [-0.39, 0.29) is 10.7 Å². The molecule has 0 radical (unpaired) electrons. The SMILES string of the molecule is N#Cc1c(Cl)nc2c(c1C#N)CCCC2=Cc1ccccc1. The summed E-state index contributed by atoms with van der Waals surface area (Å²) in [5.74, 6) is 0. The number of fused-ring (bicyclic) bond motifs is 1. The lowest BCUT2D eigenvalue weighted by molar-refractivity contribution is 0.807. The van der Waals surface area contributed by atoms with Crippen LogP contribution in [0.1, 0.15) is 40.8 Å². The summed E-state index contributed by atoms with van der Waals surface area (Å²) in [6.07, 6.45) is 4.66. The highest BCUT2D eigenvalue weighted by Gasteiger charge is 2.23. The Labute approximate surface area is 134 Å². The van der Waals surface area contributed by atoms with E-state index >= 15 is 0 Å². The van der Waals surface area contributed by atoms with Crippen molar-refractivity contribution < 1.29 is 0 Å². The standard InChI is InChI=1S/C18H12ClN3/c19-18-16(11-21)15(10-20)14-8-4-7-13(17(14)22-18)9-12-5-2-1-3-6-12/h1-3,5-6,9H,4,7-8H2. The highest BCUT2D eigenvalue weighted by molar-refractivity contribution is 6.30. The molecular formula is C18H12ClN3. The van der Waals surface area contributed by atoms with Crippen molar-refractivity contribution in [1.29, 1.82) is 10.5 Å². The Morgan fingerprint density at radius 1 is 1.05 bits per heavy atom. The van der Waals surface area contributed by atoms with Gasteiger partial charge in [0.15, 0.2) is 0 Å². The van der Waals surface area contributed by atoms with E-state index < -0.39 is 0 Å². The normalized spacial score (nSPS) is 15.0.